The molecule has 2 aromatic heterocycles. The van der Waals surface area contributed by atoms with Crippen molar-refractivity contribution < 1.29 is 4.52 Å². The lowest BCUT2D eigenvalue weighted by Gasteiger charge is -2.10. The van der Waals surface area contributed by atoms with Crippen molar-refractivity contribution in [3.8, 4) is 11.6 Å². The van der Waals surface area contributed by atoms with E-state index in [1.54, 1.807) is 12.1 Å². The van der Waals surface area contributed by atoms with E-state index in [1.807, 2.05) is 45.0 Å². The highest BCUT2D eigenvalue weighted by Crippen LogP contribution is 2.22. The topological polar surface area (TPSA) is 73.8 Å². The fourth-order valence-corrected chi connectivity index (χ4v) is 2.24. The van der Waals surface area contributed by atoms with E-state index in [1.165, 1.54) is 10.7 Å². The van der Waals surface area contributed by atoms with Crippen LogP contribution in [0.2, 0.25) is 0 Å². The summed E-state index contributed by atoms with van der Waals surface area (Å²) < 4.78 is 6.69. The van der Waals surface area contributed by atoms with Gasteiger partial charge in [-0.2, -0.15) is 10.1 Å². The van der Waals surface area contributed by atoms with Crippen molar-refractivity contribution >= 4 is 6.08 Å². The Morgan fingerprint density at radius 3 is 2.48 bits per heavy atom. The Morgan fingerprint density at radius 2 is 1.88 bits per heavy atom. The fraction of sp³-hybridized carbons (Fsp3) is 0.263. The maximum atomic E-state index is 12.1. The molecule has 3 rings (SSSR count). The number of benzene rings is 1. The predicted molar refractivity (Wildman–Crippen MR) is 96.1 cm³/mol. The number of hydrogen-bond acceptors (Lipinski definition) is 5. The minimum Gasteiger partial charge on any atom is -0.332 e. The zero-order chi connectivity index (χ0) is 18.0. The maximum absolute atomic E-state index is 12.1. The van der Waals surface area contributed by atoms with E-state index in [0.29, 0.717) is 24.0 Å². The van der Waals surface area contributed by atoms with E-state index in [4.69, 9.17) is 4.52 Å². The Balaban J connectivity index is 1.91. The van der Waals surface area contributed by atoms with Crippen molar-refractivity contribution in [2.24, 2.45) is 0 Å². The molecule has 0 saturated heterocycles. The zero-order valence-electron chi connectivity index (χ0n) is 14.6. The Morgan fingerprint density at radius 1 is 1.16 bits per heavy atom. The third-order valence-corrected chi connectivity index (χ3v) is 3.73. The van der Waals surface area contributed by atoms with Gasteiger partial charge in [0.2, 0.25) is 0 Å². The Labute approximate surface area is 145 Å². The summed E-state index contributed by atoms with van der Waals surface area (Å²) in [5, 5.41) is 8.36. The van der Waals surface area contributed by atoms with Crippen LogP contribution in [0.15, 0.2) is 52.3 Å². The highest BCUT2D eigenvalue weighted by atomic mass is 16.5. The zero-order valence-corrected chi connectivity index (χ0v) is 14.6. The molecule has 0 aliphatic rings. The summed E-state index contributed by atoms with van der Waals surface area (Å²) in [6, 6.07) is 10.8. The van der Waals surface area contributed by atoms with Crippen molar-refractivity contribution in [3.05, 3.63) is 70.3 Å². The van der Waals surface area contributed by atoms with Crippen molar-refractivity contribution in [2.45, 2.75) is 32.7 Å². The van der Waals surface area contributed by atoms with Gasteiger partial charge in [0, 0.05) is 11.5 Å². The third kappa shape index (κ3) is 3.74. The molecule has 2 heterocycles. The van der Waals surface area contributed by atoms with Crippen LogP contribution in [-0.4, -0.2) is 19.9 Å². The lowest BCUT2D eigenvalue weighted by atomic mass is 9.96. The van der Waals surface area contributed by atoms with Crippen LogP contribution in [-0.2, 0) is 12.0 Å². The third-order valence-electron chi connectivity index (χ3n) is 3.73. The minimum absolute atomic E-state index is 0.188. The highest BCUT2D eigenvalue weighted by molar-refractivity contribution is 5.47. The molecule has 1 aromatic carbocycles. The normalized spacial score (nSPS) is 11.5. The molecule has 128 valence electrons. The van der Waals surface area contributed by atoms with Crippen molar-refractivity contribution in [1.29, 1.82) is 0 Å². The van der Waals surface area contributed by atoms with E-state index in [0.717, 1.165) is 11.1 Å². The van der Waals surface area contributed by atoms with E-state index in [9.17, 15) is 4.79 Å². The van der Waals surface area contributed by atoms with Gasteiger partial charge in [-0.3, -0.25) is 4.79 Å². The van der Waals surface area contributed by atoms with Gasteiger partial charge < -0.3 is 4.52 Å². The van der Waals surface area contributed by atoms with Gasteiger partial charge in [0.15, 0.2) is 5.82 Å². The molecule has 0 aliphatic heterocycles. The summed E-state index contributed by atoms with van der Waals surface area (Å²) in [6.07, 6.45) is 1.78. The molecule has 0 saturated carbocycles. The van der Waals surface area contributed by atoms with Crippen molar-refractivity contribution in [3.63, 3.8) is 0 Å². The molecule has 0 atom stereocenters. The Bertz CT molecular complexity index is 947. The summed E-state index contributed by atoms with van der Waals surface area (Å²) >= 11 is 0. The molecule has 0 aliphatic carbocycles. The predicted octanol–water partition coefficient (Wildman–Crippen LogP) is 3.28. The van der Waals surface area contributed by atoms with Gasteiger partial charge in [-0.05, 0) is 17.2 Å². The van der Waals surface area contributed by atoms with Crippen LogP contribution in [0.3, 0.4) is 0 Å². The molecule has 0 N–H and O–H groups in total. The quantitative estimate of drug-likeness (QED) is 0.731. The van der Waals surface area contributed by atoms with E-state index in [2.05, 4.69) is 21.8 Å². The smallest absolute Gasteiger partial charge is 0.278 e. The first kappa shape index (κ1) is 16.8. The molecule has 0 bridgehead atoms. The van der Waals surface area contributed by atoms with E-state index < -0.39 is 0 Å². The van der Waals surface area contributed by atoms with E-state index >= 15 is 0 Å². The van der Waals surface area contributed by atoms with Crippen LogP contribution < -0.4 is 5.56 Å². The number of aromatic nitrogens is 4. The number of nitrogens with zero attached hydrogens (tertiary/aromatic N) is 4. The molecule has 0 radical (unpaired) electrons. The van der Waals surface area contributed by atoms with Gasteiger partial charge in [-0.1, -0.05) is 62.8 Å². The highest BCUT2D eigenvalue weighted by Gasteiger charge is 2.22. The summed E-state index contributed by atoms with van der Waals surface area (Å²) in [5.74, 6) is 0.905. The van der Waals surface area contributed by atoms with Gasteiger partial charge in [0.05, 0.1) is 6.54 Å². The first-order valence-corrected chi connectivity index (χ1v) is 8.01. The molecule has 25 heavy (non-hydrogen) atoms. The molecule has 0 fully saturated rings. The molecule has 0 spiro atoms. The first-order chi connectivity index (χ1) is 11.9. The second-order valence-corrected chi connectivity index (χ2v) is 6.83. The summed E-state index contributed by atoms with van der Waals surface area (Å²) in [5.41, 5.74) is 2.07. The molecule has 3 aromatic rings. The second kappa shape index (κ2) is 6.47. The standard InChI is InChI=1S/C19H20N4O2/c1-5-13-6-8-14(9-7-13)12-23-16(24)11-10-15(21-23)17-20-18(22-25-17)19(2,3)4/h5-11H,1,12H2,2-4H3. The lowest BCUT2D eigenvalue weighted by Crippen LogP contribution is -2.22. The molecular weight excluding hydrogens is 316 g/mol. The van der Waals surface area contributed by atoms with Gasteiger partial charge >= 0.3 is 0 Å². The molecule has 0 amide bonds. The van der Waals surface area contributed by atoms with Crippen LogP contribution in [0.4, 0.5) is 0 Å². The maximum Gasteiger partial charge on any atom is 0.278 e. The van der Waals surface area contributed by atoms with Crippen LogP contribution in [0, 0.1) is 0 Å². The SMILES string of the molecule is C=Cc1ccc(Cn2nc(-c3nc(C(C)(C)C)no3)ccc2=O)cc1. The van der Waals surface area contributed by atoms with E-state index in [-0.39, 0.29) is 11.0 Å². The van der Waals surface area contributed by atoms with Crippen LogP contribution in [0.1, 0.15) is 37.7 Å². The summed E-state index contributed by atoms with van der Waals surface area (Å²) in [6.45, 7) is 10.1. The fourth-order valence-electron chi connectivity index (χ4n) is 2.24. The Hall–Kier alpha value is -3.02. The molecular formula is C19H20N4O2. The van der Waals surface area contributed by atoms with Gasteiger partial charge in [0.1, 0.15) is 5.69 Å². The monoisotopic (exact) mass is 336 g/mol. The van der Waals surface area contributed by atoms with Gasteiger partial charge in [-0.25, -0.2) is 4.68 Å². The lowest BCUT2D eigenvalue weighted by molar-refractivity contribution is 0.400. The molecule has 6 heteroatoms. The molecule has 0 unspecified atom stereocenters. The van der Waals surface area contributed by atoms with Crippen LogP contribution >= 0.6 is 0 Å². The van der Waals surface area contributed by atoms with Crippen LogP contribution in [0.25, 0.3) is 17.7 Å². The van der Waals surface area contributed by atoms with Crippen molar-refractivity contribution in [2.75, 3.05) is 0 Å². The van der Waals surface area contributed by atoms with Crippen LogP contribution in [0.5, 0.6) is 0 Å². The second-order valence-electron chi connectivity index (χ2n) is 6.83. The average Bonchev–Trinajstić information content (AvgIpc) is 3.08. The first-order valence-electron chi connectivity index (χ1n) is 8.01. The summed E-state index contributed by atoms with van der Waals surface area (Å²) in [7, 11) is 0. The minimum atomic E-state index is -0.219. The average molecular weight is 336 g/mol. The largest absolute Gasteiger partial charge is 0.332 e. The van der Waals surface area contributed by atoms with Crippen molar-refractivity contribution in [1.82, 2.24) is 19.9 Å². The summed E-state index contributed by atoms with van der Waals surface area (Å²) in [4.78, 5) is 16.5. The van der Waals surface area contributed by atoms with Gasteiger partial charge in [-0.15, -0.1) is 0 Å². The Kier molecular flexibility index (Phi) is 4.35. The number of hydrogen-bond donors (Lipinski definition) is 0. The van der Waals surface area contributed by atoms with Gasteiger partial charge in [0.25, 0.3) is 11.4 Å². The molecule has 6 nitrogen and oxygen atoms in total. The number of rotatable bonds is 4.